The summed E-state index contributed by atoms with van der Waals surface area (Å²) in [5, 5.41) is 19.7. The summed E-state index contributed by atoms with van der Waals surface area (Å²) in [7, 11) is 1.51. The van der Waals surface area contributed by atoms with E-state index in [0.717, 1.165) is 10.6 Å². The van der Waals surface area contributed by atoms with Crippen LogP contribution in [0.5, 0.6) is 5.75 Å². The minimum absolute atomic E-state index is 0.167. The van der Waals surface area contributed by atoms with Gasteiger partial charge in [0.25, 0.3) is 0 Å². The third kappa shape index (κ3) is 4.20. The summed E-state index contributed by atoms with van der Waals surface area (Å²) in [4.78, 5) is 29.7. The van der Waals surface area contributed by atoms with Crippen LogP contribution in [0.2, 0.25) is 0 Å². The third-order valence-corrected chi connectivity index (χ3v) is 6.16. The van der Waals surface area contributed by atoms with Crippen LogP contribution in [-0.2, 0) is 4.79 Å². The summed E-state index contributed by atoms with van der Waals surface area (Å²) >= 11 is 1.39. The Bertz CT molecular complexity index is 1310. The Kier molecular flexibility index (Phi) is 5.93. The Morgan fingerprint density at radius 3 is 2.61 bits per heavy atom. The van der Waals surface area contributed by atoms with Gasteiger partial charge >= 0.3 is 11.9 Å². The Morgan fingerprint density at radius 2 is 1.94 bits per heavy atom. The van der Waals surface area contributed by atoms with Gasteiger partial charge in [-0.05, 0) is 44.5 Å². The van der Waals surface area contributed by atoms with Crippen LogP contribution < -0.4 is 15.2 Å². The van der Waals surface area contributed by atoms with Gasteiger partial charge in [0.15, 0.2) is 11.5 Å². The highest BCUT2D eigenvalue weighted by molar-refractivity contribution is 7.16. The summed E-state index contributed by atoms with van der Waals surface area (Å²) in [6.07, 6.45) is 0. The van der Waals surface area contributed by atoms with Gasteiger partial charge in [-0.1, -0.05) is 35.6 Å². The molecule has 10 heteroatoms. The highest BCUT2D eigenvalue weighted by Gasteiger charge is 2.33. The second-order valence-corrected chi connectivity index (χ2v) is 8.47. The number of carboxylic acid groups (broad SMARTS) is 1. The van der Waals surface area contributed by atoms with E-state index in [4.69, 9.17) is 4.74 Å². The lowest BCUT2D eigenvalue weighted by molar-refractivity contribution is -0.112. The molecule has 1 aliphatic rings. The van der Waals surface area contributed by atoms with Gasteiger partial charge in [-0.25, -0.2) is 9.78 Å². The first kappa shape index (κ1) is 22.2. The highest BCUT2D eigenvalue weighted by atomic mass is 32.1. The number of hydrogen-bond donors (Lipinski definition) is 2. The smallest absolute Gasteiger partial charge is 0.335 e. The lowest BCUT2D eigenvalue weighted by Gasteiger charge is -2.14. The number of para-hydroxylation sites is 1. The van der Waals surface area contributed by atoms with Crippen molar-refractivity contribution in [3.05, 3.63) is 58.6 Å². The van der Waals surface area contributed by atoms with E-state index < -0.39 is 5.97 Å². The Hall–Kier alpha value is -4.05. The van der Waals surface area contributed by atoms with E-state index in [1.165, 1.54) is 29.5 Å². The maximum absolute atomic E-state index is 12.9. The largest absolute Gasteiger partial charge is 0.494 e. The van der Waals surface area contributed by atoms with E-state index in [-0.39, 0.29) is 17.2 Å². The quantitative estimate of drug-likeness (QED) is 0.526. The predicted molar refractivity (Wildman–Crippen MR) is 129 cm³/mol. The van der Waals surface area contributed by atoms with Crippen molar-refractivity contribution in [2.24, 2.45) is 10.2 Å². The number of rotatable bonds is 6. The molecule has 0 fully saturated rings. The molecule has 0 unspecified atom stereocenters. The lowest BCUT2D eigenvalue weighted by Crippen LogP contribution is -2.27. The molecule has 0 spiro atoms. The summed E-state index contributed by atoms with van der Waals surface area (Å²) in [5.74, 6) is -0.924. The molecule has 0 aliphatic carbocycles. The summed E-state index contributed by atoms with van der Waals surface area (Å²) in [6.45, 7) is 5.53. The van der Waals surface area contributed by atoms with Gasteiger partial charge in [0.2, 0.25) is 5.13 Å². The number of methoxy groups -OCH3 is 1. The molecule has 9 nitrogen and oxygen atoms in total. The average molecular weight is 464 g/mol. The van der Waals surface area contributed by atoms with Gasteiger partial charge in [-0.2, -0.15) is 15.2 Å². The predicted octanol–water partition coefficient (Wildman–Crippen LogP) is 4.32. The Labute approximate surface area is 194 Å². The van der Waals surface area contributed by atoms with E-state index in [9.17, 15) is 14.7 Å². The molecule has 33 heavy (non-hydrogen) atoms. The van der Waals surface area contributed by atoms with Gasteiger partial charge in [-0.15, -0.1) is 0 Å². The standard InChI is InChI=1S/C23H21N5O4S/c1-12-14(3)33-23(24-12)28-21(29)19(13(2)27-28)26-25-18-10-6-9-17(20(18)32-4)15-7-5-8-16(11-15)22(30)31/h5-11,25H,1-4H3,(H,30,31)/b26-19+. The van der Waals surface area contributed by atoms with Gasteiger partial charge in [-0.3, -0.25) is 10.2 Å². The van der Waals surface area contributed by atoms with Crippen molar-refractivity contribution in [1.29, 1.82) is 0 Å². The van der Waals surface area contributed by atoms with Crippen LogP contribution in [0.4, 0.5) is 10.8 Å². The number of nitrogens with zero attached hydrogens (tertiary/aromatic N) is 4. The van der Waals surface area contributed by atoms with Crippen molar-refractivity contribution >= 4 is 45.5 Å². The highest BCUT2D eigenvalue weighted by Crippen LogP contribution is 2.37. The summed E-state index contributed by atoms with van der Waals surface area (Å²) < 4.78 is 5.59. The van der Waals surface area contributed by atoms with Gasteiger partial charge < -0.3 is 9.84 Å². The van der Waals surface area contributed by atoms with Crippen molar-refractivity contribution in [1.82, 2.24) is 4.98 Å². The zero-order chi connectivity index (χ0) is 23.7. The van der Waals surface area contributed by atoms with Gasteiger partial charge in [0, 0.05) is 10.4 Å². The van der Waals surface area contributed by atoms with Crippen LogP contribution in [-0.4, -0.2) is 40.5 Å². The van der Waals surface area contributed by atoms with Crippen LogP contribution in [0.25, 0.3) is 11.1 Å². The number of carbonyl (C=O) groups excluding carboxylic acids is 1. The number of benzene rings is 2. The minimum atomic E-state index is -1.01. The molecule has 0 saturated carbocycles. The zero-order valence-corrected chi connectivity index (χ0v) is 19.2. The molecule has 0 radical (unpaired) electrons. The molecular formula is C23H21N5O4S. The second kappa shape index (κ2) is 8.83. The van der Waals surface area contributed by atoms with Crippen LogP contribution >= 0.6 is 11.3 Å². The van der Waals surface area contributed by atoms with E-state index in [2.05, 4.69) is 20.6 Å². The molecule has 3 aromatic rings. The lowest BCUT2D eigenvalue weighted by atomic mass is 10.0. The first-order valence-electron chi connectivity index (χ1n) is 9.98. The first-order chi connectivity index (χ1) is 15.8. The molecule has 2 heterocycles. The molecule has 168 valence electrons. The van der Waals surface area contributed by atoms with E-state index >= 15 is 0 Å². The van der Waals surface area contributed by atoms with Crippen LogP contribution in [0, 0.1) is 13.8 Å². The molecule has 2 N–H and O–H groups in total. The van der Waals surface area contributed by atoms with Crippen molar-refractivity contribution < 1.29 is 19.4 Å². The van der Waals surface area contributed by atoms with Crippen LogP contribution in [0.1, 0.15) is 27.9 Å². The third-order valence-electron chi connectivity index (χ3n) is 5.11. The molecule has 1 aliphatic heterocycles. The zero-order valence-electron chi connectivity index (χ0n) is 18.4. The number of hydrazone groups is 2. The van der Waals surface area contributed by atoms with Crippen molar-refractivity contribution in [2.75, 3.05) is 17.5 Å². The topological polar surface area (TPSA) is 116 Å². The molecule has 0 atom stereocenters. The number of carbonyl (C=O) groups is 2. The van der Waals surface area contributed by atoms with Crippen molar-refractivity contribution in [2.45, 2.75) is 20.8 Å². The number of aryl methyl sites for hydroxylation is 2. The number of aromatic nitrogens is 1. The SMILES string of the molecule is COc1c(N/N=C2/C(=O)N(c3nc(C)c(C)s3)N=C2C)cccc1-c1cccc(C(=O)O)c1. The number of amides is 1. The van der Waals surface area contributed by atoms with E-state index in [1.807, 2.05) is 19.9 Å². The monoisotopic (exact) mass is 463 g/mol. The average Bonchev–Trinajstić information content (AvgIpc) is 3.29. The fourth-order valence-electron chi connectivity index (χ4n) is 3.31. The first-order valence-corrected chi connectivity index (χ1v) is 10.8. The number of aromatic carboxylic acids is 1. The normalized spacial score (nSPS) is 14.5. The molecule has 1 aromatic heterocycles. The van der Waals surface area contributed by atoms with Crippen molar-refractivity contribution in [3.8, 4) is 16.9 Å². The van der Waals surface area contributed by atoms with Crippen LogP contribution in [0.3, 0.4) is 0 Å². The second-order valence-electron chi connectivity index (χ2n) is 7.28. The summed E-state index contributed by atoms with van der Waals surface area (Å²) in [5.41, 5.74) is 6.44. The number of thiazole rings is 1. The van der Waals surface area contributed by atoms with Crippen molar-refractivity contribution in [3.63, 3.8) is 0 Å². The molecule has 1 amide bonds. The fraction of sp³-hybridized carbons (Fsp3) is 0.174. The molecule has 2 aromatic carbocycles. The molecule has 0 bridgehead atoms. The number of ether oxygens (including phenoxy) is 1. The number of anilines is 2. The summed E-state index contributed by atoms with van der Waals surface area (Å²) in [6, 6.07) is 11.9. The minimum Gasteiger partial charge on any atom is -0.494 e. The number of carboxylic acids is 1. The fourth-order valence-corrected chi connectivity index (χ4v) is 4.17. The van der Waals surface area contributed by atoms with E-state index in [1.54, 1.807) is 37.3 Å². The molecular weight excluding hydrogens is 442 g/mol. The van der Waals surface area contributed by atoms with E-state index in [0.29, 0.717) is 33.4 Å². The molecule has 0 saturated heterocycles. The van der Waals surface area contributed by atoms with Gasteiger partial charge in [0.05, 0.1) is 29.8 Å². The molecule has 4 rings (SSSR count). The maximum atomic E-state index is 12.9. The number of nitrogens with one attached hydrogen (secondary N) is 1. The Morgan fingerprint density at radius 1 is 1.18 bits per heavy atom. The Balaban J connectivity index is 1.64. The number of hydrogen-bond acceptors (Lipinski definition) is 8. The van der Waals surface area contributed by atoms with Gasteiger partial charge in [0.1, 0.15) is 0 Å². The van der Waals surface area contributed by atoms with Crippen LogP contribution in [0.15, 0.2) is 52.7 Å². The maximum Gasteiger partial charge on any atom is 0.335 e.